The molecular formula is C19H12Cl2N2O3S. The maximum absolute atomic E-state index is 12.1. The smallest absolute Gasteiger partial charge is 0.250 e. The molecule has 0 radical (unpaired) electrons. The lowest BCUT2D eigenvalue weighted by Gasteiger charge is -2.00. The Kier molecular flexibility index (Phi) is 5.03. The molecule has 136 valence electrons. The summed E-state index contributed by atoms with van der Waals surface area (Å²) in [5, 5.41) is 6.13. The minimum atomic E-state index is -0.299. The zero-order chi connectivity index (χ0) is 18.8. The van der Waals surface area contributed by atoms with Crippen LogP contribution in [-0.2, 0) is 4.79 Å². The molecule has 0 saturated carbocycles. The molecule has 1 amide bonds. The number of aromatic nitrogens is 1. The third kappa shape index (κ3) is 4.08. The second-order valence-corrected chi connectivity index (χ2v) is 7.30. The number of carbonyl (C=O) groups is 1. The van der Waals surface area contributed by atoms with E-state index in [1.54, 1.807) is 24.3 Å². The van der Waals surface area contributed by atoms with Crippen LogP contribution in [0.15, 0.2) is 47.9 Å². The molecule has 5 nitrogen and oxygen atoms in total. The fraction of sp³-hybridized carbons (Fsp3) is 0.0526. The van der Waals surface area contributed by atoms with Gasteiger partial charge >= 0.3 is 0 Å². The summed E-state index contributed by atoms with van der Waals surface area (Å²) in [4.78, 5) is 16.6. The molecule has 27 heavy (non-hydrogen) atoms. The lowest BCUT2D eigenvalue weighted by atomic mass is 10.1. The molecule has 0 spiro atoms. The number of carbonyl (C=O) groups excluding carboxylic acids is 1. The zero-order valence-electron chi connectivity index (χ0n) is 13.7. The molecule has 0 saturated heterocycles. The average Bonchev–Trinajstić information content (AvgIpc) is 3.29. The second kappa shape index (κ2) is 7.60. The van der Waals surface area contributed by atoms with E-state index in [1.807, 2.05) is 23.6 Å². The number of halogens is 2. The van der Waals surface area contributed by atoms with Crippen molar-refractivity contribution in [2.45, 2.75) is 0 Å². The zero-order valence-corrected chi connectivity index (χ0v) is 16.1. The van der Waals surface area contributed by atoms with Gasteiger partial charge in [-0.3, -0.25) is 10.1 Å². The van der Waals surface area contributed by atoms with Crippen molar-refractivity contribution in [2.75, 3.05) is 12.1 Å². The highest BCUT2D eigenvalue weighted by Crippen LogP contribution is 2.36. The predicted molar refractivity (Wildman–Crippen MR) is 108 cm³/mol. The van der Waals surface area contributed by atoms with Crippen molar-refractivity contribution in [2.24, 2.45) is 0 Å². The number of amides is 1. The quantitative estimate of drug-likeness (QED) is 0.568. The Morgan fingerprint density at radius 2 is 2.00 bits per heavy atom. The Morgan fingerprint density at radius 3 is 2.85 bits per heavy atom. The fourth-order valence-corrected chi connectivity index (χ4v) is 3.66. The van der Waals surface area contributed by atoms with Gasteiger partial charge in [-0.25, -0.2) is 4.98 Å². The van der Waals surface area contributed by atoms with Gasteiger partial charge in [-0.2, -0.15) is 0 Å². The van der Waals surface area contributed by atoms with Gasteiger partial charge in [0.1, 0.15) is 0 Å². The largest absolute Gasteiger partial charge is 0.454 e. The average molecular weight is 419 g/mol. The fourth-order valence-electron chi connectivity index (χ4n) is 2.47. The molecule has 0 bridgehead atoms. The van der Waals surface area contributed by atoms with E-state index >= 15 is 0 Å². The molecule has 4 rings (SSSR count). The maximum Gasteiger partial charge on any atom is 0.250 e. The van der Waals surface area contributed by atoms with Crippen molar-refractivity contribution < 1.29 is 14.3 Å². The Balaban J connectivity index is 1.44. The summed E-state index contributed by atoms with van der Waals surface area (Å²) in [5.41, 5.74) is 2.34. The van der Waals surface area contributed by atoms with Gasteiger partial charge in [0.15, 0.2) is 16.6 Å². The molecule has 0 atom stereocenters. The van der Waals surface area contributed by atoms with Crippen molar-refractivity contribution in [1.82, 2.24) is 4.98 Å². The molecule has 8 heteroatoms. The predicted octanol–water partition coefficient (Wildman–Crippen LogP) is 5.50. The highest BCUT2D eigenvalue weighted by Gasteiger charge is 2.15. The topological polar surface area (TPSA) is 60.5 Å². The van der Waals surface area contributed by atoms with Crippen molar-refractivity contribution in [3.8, 4) is 22.8 Å². The van der Waals surface area contributed by atoms with Crippen LogP contribution in [0.1, 0.15) is 5.56 Å². The number of ether oxygens (including phenoxy) is 2. The van der Waals surface area contributed by atoms with Gasteiger partial charge in [0.2, 0.25) is 12.7 Å². The molecular weight excluding hydrogens is 407 g/mol. The van der Waals surface area contributed by atoms with Crippen LogP contribution in [0.5, 0.6) is 11.5 Å². The number of hydrogen-bond donors (Lipinski definition) is 1. The summed E-state index contributed by atoms with van der Waals surface area (Å²) < 4.78 is 10.7. The van der Waals surface area contributed by atoms with Crippen molar-refractivity contribution >= 4 is 51.7 Å². The Morgan fingerprint density at radius 1 is 1.15 bits per heavy atom. The maximum atomic E-state index is 12.1. The second-order valence-electron chi connectivity index (χ2n) is 5.59. The Bertz CT molecular complexity index is 1050. The van der Waals surface area contributed by atoms with Gasteiger partial charge in [-0.1, -0.05) is 29.3 Å². The SMILES string of the molecule is O=C(/C=C/c1ccc(Cl)cc1Cl)Nc1nc(-c2ccc3c(c2)OCO3)cs1. The number of nitrogens with zero attached hydrogens (tertiary/aromatic N) is 1. The van der Waals surface area contributed by atoms with E-state index in [0.717, 1.165) is 11.3 Å². The van der Waals surface area contributed by atoms with Gasteiger partial charge in [0.05, 0.1) is 5.69 Å². The van der Waals surface area contributed by atoms with Crippen LogP contribution in [-0.4, -0.2) is 17.7 Å². The van der Waals surface area contributed by atoms with Gasteiger partial charge < -0.3 is 9.47 Å². The third-order valence-electron chi connectivity index (χ3n) is 3.78. The highest BCUT2D eigenvalue weighted by molar-refractivity contribution is 7.14. The molecule has 0 fully saturated rings. The number of benzene rings is 2. The molecule has 3 aromatic rings. The standard InChI is InChI=1S/C19H12Cl2N2O3S/c20-13-4-1-11(14(21)8-13)3-6-18(24)23-19-22-15(9-27-19)12-2-5-16-17(7-12)26-10-25-16/h1-9H,10H2,(H,22,23,24)/b6-3+. The van der Waals surface area contributed by atoms with E-state index in [1.165, 1.54) is 17.4 Å². The molecule has 2 heterocycles. The van der Waals surface area contributed by atoms with E-state index < -0.39 is 0 Å². The van der Waals surface area contributed by atoms with E-state index in [-0.39, 0.29) is 12.7 Å². The van der Waals surface area contributed by atoms with Crippen LogP contribution in [0, 0.1) is 0 Å². The van der Waals surface area contributed by atoms with Gasteiger partial charge in [-0.05, 0) is 42.0 Å². The minimum absolute atomic E-state index is 0.223. The number of fused-ring (bicyclic) bond motifs is 1. The summed E-state index contributed by atoms with van der Waals surface area (Å²) in [7, 11) is 0. The lowest BCUT2D eigenvalue weighted by Crippen LogP contribution is -2.07. The van der Waals surface area contributed by atoms with E-state index in [4.69, 9.17) is 32.7 Å². The summed E-state index contributed by atoms with van der Waals surface area (Å²) in [6, 6.07) is 10.7. The number of thiazole rings is 1. The molecule has 1 N–H and O–H groups in total. The molecule has 1 aliphatic heterocycles. The van der Waals surface area contributed by atoms with Crippen LogP contribution < -0.4 is 14.8 Å². The number of rotatable bonds is 4. The van der Waals surface area contributed by atoms with Crippen LogP contribution in [0.4, 0.5) is 5.13 Å². The molecule has 0 aliphatic carbocycles. The minimum Gasteiger partial charge on any atom is -0.454 e. The lowest BCUT2D eigenvalue weighted by molar-refractivity contribution is -0.111. The van der Waals surface area contributed by atoms with Crippen LogP contribution in [0.25, 0.3) is 17.3 Å². The highest BCUT2D eigenvalue weighted by atomic mass is 35.5. The first-order valence-electron chi connectivity index (χ1n) is 7.88. The van der Waals surface area contributed by atoms with E-state index in [0.29, 0.717) is 32.2 Å². The Labute approximate surface area is 169 Å². The van der Waals surface area contributed by atoms with Crippen molar-refractivity contribution in [3.05, 3.63) is 63.5 Å². The van der Waals surface area contributed by atoms with Crippen LogP contribution in [0.2, 0.25) is 10.0 Å². The van der Waals surface area contributed by atoms with Gasteiger partial charge in [0, 0.05) is 27.1 Å². The van der Waals surface area contributed by atoms with E-state index in [2.05, 4.69) is 10.3 Å². The number of anilines is 1. The summed E-state index contributed by atoms with van der Waals surface area (Å²) in [5.74, 6) is 1.11. The first-order valence-corrected chi connectivity index (χ1v) is 9.52. The first-order chi connectivity index (χ1) is 13.1. The first kappa shape index (κ1) is 17.9. The number of nitrogens with one attached hydrogen (secondary N) is 1. The van der Waals surface area contributed by atoms with Crippen molar-refractivity contribution in [3.63, 3.8) is 0 Å². The molecule has 2 aromatic carbocycles. The van der Waals surface area contributed by atoms with Crippen molar-refractivity contribution in [1.29, 1.82) is 0 Å². The van der Waals surface area contributed by atoms with Crippen LogP contribution >= 0.6 is 34.5 Å². The summed E-state index contributed by atoms with van der Waals surface area (Å²) in [6.45, 7) is 0.223. The Hall–Kier alpha value is -2.54. The third-order valence-corrected chi connectivity index (χ3v) is 5.10. The normalized spacial score (nSPS) is 12.5. The monoisotopic (exact) mass is 418 g/mol. The molecule has 1 aliphatic rings. The van der Waals surface area contributed by atoms with Gasteiger partial charge in [0.25, 0.3) is 0 Å². The van der Waals surface area contributed by atoms with E-state index in [9.17, 15) is 4.79 Å². The van der Waals surface area contributed by atoms with Crippen LogP contribution in [0.3, 0.4) is 0 Å². The number of hydrogen-bond acceptors (Lipinski definition) is 5. The summed E-state index contributed by atoms with van der Waals surface area (Å²) >= 11 is 13.3. The summed E-state index contributed by atoms with van der Waals surface area (Å²) in [6.07, 6.45) is 3.02. The molecule has 0 unspecified atom stereocenters. The van der Waals surface area contributed by atoms with Gasteiger partial charge in [-0.15, -0.1) is 11.3 Å². The molecule has 1 aromatic heterocycles.